The second-order valence-electron chi connectivity index (χ2n) is 1.48. The van der Waals surface area contributed by atoms with Gasteiger partial charge in [-0.3, -0.25) is 0 Å². The van der Waals surface area contributed by atoms with E-state index in [9.17, 15) is 0 Å². The van der Waals surface area contributed by atoms with Crippen molar-refractivity contribution >= 4 is 35.2 Å². The van der Waals surface area contributed by atoms with E-state index in [0.717, 1.165) is 4.90 Å². The summed E-state index contributed by atoms with van der Waals surface area (Å²) in [5.41, 5.74) is 0. The fourth-order valence-corrected chi connectivity index (χ4v) is 1.49. The van der Waals surface area contributed by atoms with Crippen molar-refractivity contribution in [3.63, 3.8) is 0 Å². The Hall–Kier alpha value is 1.30. The second-order valence-corrected chi connectivity index (χ2v) is 3.24. The number of hydrogen-bond acceptors (Lipinski definition) is 1. The van der Waals surface area contributed by atoms with Crippen LogP contribution in [-0.4, -0.2) is 0 Å². The largest absolute Gasteiger partial charge is 1.00 e. The van der Waals surface area contributed by atoms with E-state index in [4.69, 9.17) is 0 Å². The van der Waals surface area contributed by atoms with Crippen LogP contribution >= 0.6 is 35.2 Å². The normalized spacial score (nSPS) is 8.22. The first-order valence-corrected chi connectivity index (χ1v) is 3.76. The Morgan fingerprint density at radius 1 is 1.44 bits per heavy atom. The molecule has 0 saturated carbocycles. The average Bonchev–Trinajstić information content (AvgIpc) is 1.64. The molecule has 0 atom stereocenters. The van der Waals surface area contributed by atoms with Crippen molar-refractivity contribution in [3.05, 3.63) is 27.8 Å². The SMILES string of the molecule is Sc1cccc(I)c1.[H-].[Na+]. The Kier molecular flexibility index (Phi) is 5.74. The van der Waals surface area contributed by atoms with Crippen molar-refractivity contribution in [2.24, 2.45) is 0 Å². The van der Waals surface area contributed by atoms with Crippen LogP contribution in [0.4, 0.5) is 0 Å². The third-order valence-electron chi connectivity index (χ3n) is 0.808. The molecule has 44 valence electrons. The molecule has 1 rings (SSSR count). The zero-order valence-electron chi connectivity index (χ0n) is 6.13. The summed E-state index contributed by atoms with van der Waals surface area (Å²) in [7, 11) is 0. The summed E-state index contributed by atoms with van der Waals surface area (Å²) < 4.78 is 1.23. The molecule has 0 spiro atoms. The summed E-state index contributed by atoms with van der Waals surface area (Å²) in [5, 5.41) is 0. The van der Waals surface area contributed by atoms with Crippen LogP contribution in [0.15, 0.2) is 29.2 Å². The predicted molar refractivity (Wildman–Crippen MR) is 47.5 cm³/mol. The average molecular weight is 260 g/mol. The van der Waals surface area contributed by atoms with E-state index in [1.165, 1.54) is 3.57 Å². The van der Waals surface area contributed by atoms with Crippen LogP contribution in [0.1, 0.15) is 1.43 Å². The minimum Gasteiger partial charge on any atom is -1.00 e. The fourth-order valence-electron chi connectivity index (χ4n) is 0.476. The van der Waals surface area contributed by atoms with Crippen molar-refractivity contribution in [2.45, 2.75) is 4.90 Å². The maximum atomic E-state index is 4.15. The maximum Gasteiger partial charge on any atom is 1.00 e. The van der Waals surface area contributed by atoms with Gasteiger partial charge in [0.15, 0.2) is 0 Å². The third-order valence-corrected chi connectivity index (χ3v) is 1.76. The van der Waals surface area contributed by atoms with E-state index in [1.807, 2.05) is 24.3 Å². The summed E-state index contributed by atoms with van der Waals surface area (Å²) in [4.78, 5) is 1.02. The molecule has 0 unspecified atom stereocenters. The van der Waals surface area contributed by atoms with E-state index >= 15 is 0 Å². The van der Waals surface area contributed by atoms with Crippen LogP contribution in [0.3, 0.4) is 0 Å². The van der Waals surface area contributed by atoms with Gasteiger partial charge in [-0.25, -0.2) is 0 Å². The van der Waals surface area contributed by atoms with Crippen LogP contribution < -0.4 is 29.6 Å². The fraction of sp³-hybridized carbons (Fsp3) is 0. The maximum absolute atomic E-state index is 4.15. The van der Waals surface area contributed by atoms with E-state index < -0.39 is 0 Å². The summed E-state index contributed by atoms with van der Waals surface area (Å²) >= 11 is 6.41. The molecule has 3 heteroatoms. The smallest absolute Gasteiger partial charge is 1.00 e. The van der Waals surface area contributed by atoms with Gasteiger partial charge in [0.1, 0.15) is 0 Å². The van der Waals surface area contributed by atoms with Gasteiger partial charge < -0.3 is 1.43 Å². The van der Waals surface area contributed by atoms with E-state index in [1.54, 1.807) is 0 Å². The van der Waals surface area contributed by atoms with Gasteiger partial charge in [-0.2, -0.15) is 0 Å². The topological polar surface area (TPSA) is 0 Å². The molecule has 0 N–H and O–H groups in total. The van der Waals surface area contributed by atoms with Crippen LogP contribution in [0, 0.1) is 3.57 Å². The van der Waals surface area contributed by atoms with Crippen molar-refractivity contribution in [1.82, 2.24) is 0 Å². The number of halogens is 1. The molecular formula is C6H6INaS. The van der Waals surface area contributed by atoms with E-state index in [0.29, 0.717) is 0 Å². The Bertz CT molecular complexity index is 178. The van der Waals surface area contributed by atoms with Crippen molar-refractivity contribution in [2.75, 3.05) is 0 Å². The zero-order chi connectivity index (χ0) is 5.98. The molecule has 1 aromatic carbocycles. The molecule has 0 aliphatic carbocycles. The molecule has 9 heavy (non-hydrogen) atoms. The standard InChI is InChI=1S/C6H5IS.Na.H/c7-5-2-1-3-6(8)4-5;;/h1-4,8H;;/q;+1;-1. The van der Waals surface area contributed by atoms with Gasteiger partial charge in [0, 0.05) is 8.47 Å². The molecule has 0 heterocycles. The number of benzene rings is 1. The third kappa shape index (κ3) is 3.88. The molecule has 0 radical (unpaired) electrons. The van der Waals surface area contributed by atoms with Crippen molar-refractivity contribution < 1.29 is 31.0 Å². The van der Waals surface area contributed by atoms with Gasteiger partial charge in [-0.15, -0.1) is 12.6 Å². The first kappa shape index (κ1) is 10.3. The molecule has 1 aromatic rings. The predicted octanol–water partition coefficient (Wildman–Crippen LogP) is -0.304. The van der Waals surface area contributed by atoms with Crippen LogP contribution in [0.2, 0.25) is 0 Å². The van der Waals surface area contributed by atoms with Crippen LogP contribution in [0.25, 0.3) is 0 Å². The second kappa shape index (κ2) is 5.02. The Morgan fingerprint density at radius 2 is 2.11 bits per heavy atom. The quantitative estimate of drug-likeness (QED) is 0.369. The zero-order valence-corrected chi connectivity index (χ0v) is 10.2. The summed E-state index contributed by atoms with van der Waals surface area (Å²) in [6, 6.07) is 8.01. The van der Waals surface area contributed by atoms with E-state index in [-0.39, 0.29) is 31.0 Å². The first-order chi connectivity index (χ1) is 3.79. The van der Waals surface area contributed by atoms with Crippen LogP contribution in [-0.2, 0) is 0 Å². The van der Waals surface area contributed by atoms with Gasteiger partial charge in [-0.05, 0) is 40.8 Å². The minimum absolute atomic E-state index is 0. The molecule has 0 aromatic heterocycles. The summed E-state index contributed by atoms with van der Waals surface area (Å²) in [6.45, 7) is 0. The van der Waals surface area contributed by atoms with Gasteiger partial charge in [0.2, 0.25) is 0 Å². The summed E-state index contributed by atoms with van der Waals surface area (Å²) in [5.74, 6) is 0. The Balaban J connectivity index is 0. The van der Waals surface area contributed by atoms with Crippen molar-refractivity contribution in [3.8, 4) is 0 Å². The molecule has 0 bridgehead atoms. The molecule has 0 fully saturated rings. The van der Waals surface area contributed by atoms with Gasteiger partial charge >= 0.3 is 29.6 Å². The van der Waals surface area contributed by atoms with Crippen molar-refractivity contribution in [1.29, 1.82) is 0 Å². The summed E-state index contributed by atoms with van der Waals surface area (Å²) in [6.07, 6.45) is 0. The molecule has 0 nitrogen and oxygen atoms in total. The molecular weight excluding hydrogens is 254 g/mol. The first-order valence-electron chi connectivity index (χ1n) is 2.23. The molecule has 0 aliphatic rings. The van der Waals surface area contributed by atoms with Crippen LogP contribution in [0.5, 0.6) is 0 Å². The molecule has 0 aliphatic heterocycles. The number of thiol groups is 1. The number of rotatable bonds is 0. The Morgan fingerprint density at radius 3 is 2.44 bits per heavy atom. The Labute approximate surface area is 97.7 Å². The van der Waals surface area contributed by atoms with E-state index in [2.05, 4.69) is 35.2 Å². The van der Waals surface area contributed by atoms with Gasteiger partial charge in [0.05, 0.1) is 0 Å². The molecule has 0 amide bonds. The van der Waals surface area contributed by atoms with Gasteiger partial charge in [0.25, 0.3) is 0 Å². The van der Waals surface area contributed by atoms with Gasteiger partial charge in [-0.1, -0.05) is 6.07 Å². The minimum atomic E-state index is 0. The monoisotopic (exact) mass is 260 g/mol. The molecule has 0 saturated heterocycles. The number of hydrogen-bond donors (Lipinski definition) is 1.